The molecular weight excluding hydrogens is 390 g/mol. The topological polar surface area (TPSA) is 74.5 Å². The second kappa shape index (κ2) is 8.79. The summed E-state index contributed by atoms with van der Waals surface area (Å²) >= 11 is 0. The summed E-state index contributed by atoms with van der Waals surface area (Å²) in [5, 5.41) is 7.09. The van der Waals surface area contributed by atoms with Gasteiger partial charge in [0.05, 0.1) is 0 Å². The summed E-state index contributed by atoms with van der Waals surface area (Å²) in [6.07, 6.45) is 0. The summed E-state index contributed by atoms with van der Waals surface area (Å²) in [5.74, 6) is 1.47. The number of aromatic nitrogens is 2. The Hall–Kier alpha value is -3.35. The van der Waals surface area contributed by atoms with E-state index in [0.29, 0.717) is 24.8 Å². The second-order valence-electron chi connectivity index (χ2n) is 8.36. The molecule has 3 aromatic rings. The molecule has 0 saturated carbocycles. The predicted octanol–water partition coefficient (Wildman–Crippen LogP) is 4.83. The van der Waals surface area contributed by atoms with Crippen molar-refractivity contribution in [2.45, 2.75) is 33.6 Å². The molecular formula is C24H29N5O2. The lowest BCUT2D eigenvalue weighted by Gasteiger charge is -2.36. The fraction of sp³-hybridized carbons (Fsp3) is 0.375. The maximum absolute atomic E-state index is 12.6. The van der Waals surface area contributed by atoms with E-state index in [9.17, 15) is 4.79 Å². The summed E-state index contributed by atoms with van der Waals surface area (Å²) in [6, 6.07) is 14.1. The molecule has 1 N–H and O–H groups in total. The Morgan fingerprint density at radius 2 is 1.71 bits per heavy atom. The van der Waals surface area contributed by atoms with E-state index >= 15 is 0 Å². The Labute approximate surface area is 183 Å². The van der Waals surface area contributed by atoms with Crippen molar-refractivity contribution in [1.29, 1.82) is 0 Å². The summed E-state index contributed by atoms with van der Waals surface area (Å²) in [7, 11) is 0. The number of hydrogen-bond donors (Lipinski definition) is 1. The molecule has 162 valence electrons. The largest absolute Gasteiger partial charge is 0.368 e. The normalized spacial score (nSPS) is 14.2. The van der Waals surface area contributed by atoms with Crippen molar-refractivity contribution in [3.8, 4) is 11.4 Å². The van der Waals surface area contributed by atoms with Gasteiger partial charge in [0.25, 0.3) is 0 Å². The quantitative estimate of drug-likeness (QED) is 0.656. The van der Waals surface area contributed by atoms with Crippen LogP contribution in [0.15, 0.2) is 47.0 Å². The second-order valence-corrected chi connectivity index (χ2v) is 8.36. The van der Waals surface area contributed by atoms with Crippen molar-refractivity contribution in [2.75, 3.05) is 36.4 Å². The van der Waals surface area contributed by atoms with Crippen LogP contribution >= 0.6 is 0 Å². The lowest BCUT2D eigenvalue weighted by atomic mass is 10.1. The third-order valence-corrected chi connectivity index (χ3v) is 5.75. The number of aryl methyl sites for hydroxylation is 2. The SMILES string of the molecule is Cc1ccc(NC(=O)N2CCN(c3ccc(-c4noc(C(C)C)n4)cc3)CC2)cc1C. The molecule has 31 heavy (non-hydrogen) atoms. The Morgan fingerprint density at radius 3 is 2.32 bits per heavy atom. The summed E-state index contributed by atoms with van der Waals surface area (Å²) < 4.78 is 5.30. The molecule has 0 aliphatic carbocycles. The van der Waals surface area contributed by atoms with Crippen molar-refractivity contribution in [1.82, 2.24) is 15.0 Å². The zero-order chi connectivity index (χ0) is 22.0. The van der Waals surface area contributed by atoms with Gasteiger partial charge in [-0.15, -0.1) is 0 Å². The van der Waals surface area contributed by atoms with Gasteiger partial charge in [-0.1, -0.05) is 25.1 Å². The van der Waals surface area contributed by atoms with E-state index < -0.39 is 0 Å². The van der Waals surface area contributed by atoms with Gasteiger partial charge in [0, 0.05) is 49.0 Å². The zero-order valence-corrected chi connectivity index (χ0v) is 18.6. The van der Waals surface area contributed by atoms with Gasteiger partial charge in [-0.25, -0.2) is 4.79 Å². The van der Waals surface area contributed by atoms with Crippen LogP contribution in [0.3, 0.4) is 0 Å². The minimum absolute atomic E-state index is 0.0451. The van der Waals surface area contributed by atoms with E-state index in [1.807, 2.05) is 49.1 Å². The average molecular weight is 420 g/mol. The number of anilines is 2. The van der Waals surface area contributed by atoms with Crippen molar-refractivity contribution in [3.63, 3.8) is 0 Å². The fourth-order valence-electron chi connectivity index (χ4n) is 3.60. The summed E-state index contributed by atoms with van der Waals surface area (Å²) in [6.45, 7) is 11.1. The Morgan fingerprint density at radius 1 is 1.00 bits per heavy atom. The number of carbonyl (C=O) groups excluding carboxylic acids is 1. The van der Waals surface area contributed by atoms with Crippen molar-refractivity contribution in [3.05, 3.63) is 59.5 Å². The van der Waals surface area contributed by atoms with Crippen LogP contribution in [-0.2, 0) is 0 Å². The molecule has 0 spiro atoms. The molecule has 0 atom stereocenters. The summed E-state index contributed by atoms with van der Waals surface area (Å²) in [5.41, 5.74) is 5.30. The van der Waals surface area contributed by atoms with Gasteiger partial charge in [-0.2, -0.15) is 4.98 Å². The van der Waals surface area contributed by atoms with Crippen LogP contribution in [0.4, 0.5) is 16.2 Å². The highest BCUT2D eigenvalue weighted by Crippen LogP contribution is 2.24. The van der Waals surface area contributed by atoms with Gasteiger partial charge < -0.3 is 19.6 Å². The molecule has 2 heterocycles. The van der Waals surface area contributed by atoms with Crippen LogP contribution < -0.4 is 10.2 Å². The van der Waals surface area contributed by atoms with Crippen LogP contribution in [0.5, 0.6) is 0 Å². The smallest absolute Gasteiger partial charge is 0.321 e. The number of urea groups is 1. The van der Waals surface area contributed by atoms with Crippen LogP contribution in [0.25, 0.3) is 11.4 Å². The molecule has 7 nitrogen and oxygen atoms in total. The Kier molecular flexibility index (Phi) is 5.93. The number of carbonyl (C=O) groups is 1. The van der Waals surface area contributed by atoms with Crippen LogP contribution in [0.2, 0.25) is 0 Å². The van der Waals surface area contributed by atoms with Gasteiger partial charge in [0.15, 0.2) is 0 Å². The van der Waals surface area contributed by atoms with Gasteiger partial charge in [0.1, 0.15) is 0 Å². The standard InChI is InChI=1S/C24H29N5O2/c1-16(2)23-26-22(27-31-23)19-6-9-21(10-7-19)28-11-13-29(14-12-28)24(30)25-20-8-5-17(3)18(4)15-20/h5-10,15-16H,11-14H2,1-4H3,(H,25,30). The van der Waals surface area contributed by atoms with E-state index in [0.717, 1.165) is 30.0 Å². The molecule has 2 aromatic carbocycles. The van der Waals surface area contributed by atoms with E-state index in [1.54, 1.807) is 0 Å². The lowest BCUT2D eigenvalue weighted by molar-refractivity contribution is 0.208. The molecule has 1 aliphatic heterocycles. The molecule has 4 rings (SSSR count). The number of nitrogens with one attached hydrogen (secondary N) is 1. The molecule has 2 amide bonds. The lowest BCUT2D eigenvalue weighted by Crippen LogP contribution is -2.50. The molecule has 1 saturated heterocycles. The third-order valence-electron chi connectivity index (χ3n) is 5.75. The first-order chi connectivity index (χ1) is 14.9. The fourth-order valence-corrected chi connectivity index (χ4v) is 3.60. The number of benzene rings is 2. The van der Waals surface area contributed by atoms with E-state index in [1.165, 1.54) is 11.1 Å². The van der Waals surface area contributed by atoms with Crippen LogP contribution in [0, 0.1) is 13.8 Å². The highest BCUT2D eigenvalue weighted by Gasteiger charge is 2.22. The third kappa shape index (κ3) is 4.71. The maximum atomic E-state index is 12.6. The van der Waals surface area contributed by atoms with E-state index in [2.05, 4.69) is 46.3 Å². The van der Waals surface area contributed by atoms with Crippen molar-refractivity contribution in [2.24, 2.45) is 0 Å². The van der Waals surface area contributed by atoms with E-state index in [-0.39, 0.29) is 11.9 Å². The molecule has 0 radical (unpaired) electrons. The number of nitrogens with zero attached hydrogens (tertiary/aromatic N) is 4. The molecule has 1 aromatic heterocycles. The molecule has 0 unspecified atom stereocenters. The first-order valence-electron chi connectivity index (χ1n) is 10.7. The zero-order valence-electron chi connectivity index (χ0n) is 18.6. The molecule has 0 bridgehead atoms. The summed E-state index contributed by atoms with van der Waals surface area (Å²) in [4.78, 5) is 21.2. The van der Waals surface area contributed by atoms with Gasteiger partial charge >= 0.3 is 6.03 Å². The Balaban J connectivity index is 1.33. The number of rotatable bonds is 4. The molecule has 1 aliphatic rings. The van der Waals surface area contributed by atoms with E-state index in [4.69, 9.17) is 4.52 Å². The predicted molar refractivity (Wildman–Crippen MR) is 123 cm³/mol. The first-order valence-corrected chi connectivity index (χ1v) is 10.7. The maximum Gasteiger partial charge on any atom is 0.321 e. The monoisotopic (exact) mass is 419 g/mol. The van der Waals surface area contributed by atoms with Gasteiger partial charge in [0.2, 0.25) is 11.7 Å². The minimum atomic E-state index is -0.0451. The number of piperazine rings is 1. The van der Waals surface area contributed by atoms with Crippen molar-refractivity contribution < 1.29 is 9.32 Å². The van der Waals surface area contributed by atoms with Crippen LogP contribution in [-0.4, -0.2) is 47.3 Å². The average Bonchev–Trinajstić information content (AvgIpc) is 3.27. The first kappa shape index (κ1) is 20.9. The number of hydrogen-bond acceptors (Lipinski definition) is 5. The number of amides is 2. The van der Waals surface area contributed by atoms with Crippen LogP contribution in [0.1, 0.15) is 36.8 Å². The molecule has 1 fully saturated rings. The highest BCUT2D eigenvalue weighted by atomic mass is 16.5. The minimum Gasteiger partial charge on any atom is -0.368 e. The van der Waals surface area contributed by atoms with Gasteiger partial charge in [-0.05, 0) is 61.4 Å². The highest BCUT2D eigenvalue weighted by molar-refractivity contribution is 5.89. The van der Waals surface area contributed by atoms with Gasteiger partial charge in [-0.3, -0.25) is 0 Å². The molecule has 7 heteroatoms. The Bertz CT molecular complexity index is 1050. The van der Waals surface area contributed by atoms with Crippen molar-refractivity contribution >= 4 is 17.4 Å².